The summed E-state index contributed by atoms with van der Waals surface area (Å²) in [6.45, 7) is 2.29. The molecular formula is C5H13NaO3S. The van der Waals surface area contributed by atoms with Gasteiger partial charge in [0, 0.05) is 0 Å². The summed E-state index contributed by atoms with van der Waals surface area (Å²) in [6.07, 6.45) is 2.81. The topological polar surface area (TPSA) is 43.4 Å². The van der Waals surface area contributed by atoms with Gasteiger partial charge in [-0.05, 0) is 6.42 Å². The van der Waals surface area contributed by atoms with Gasteiger partial charge in [-0.25, -0.2) is 0 Å². The molecule has 0 bridgehead atoms. The van der Waals surface area contributed by atoms with E-state index in [0.717, 1.165) is 19.1 Å². The zero-order chi connectivity index (χ0) is 7.33. The van der Waals surface area contributed by atoms with Gasteiger partial charge in [-0.15, -0.1) is 0 Å². The normalized spacial score (nSPS) is 10.6. The van der Waals surface area contributed by atoms with Crippen molar-refractivity contribution in [3.63, 3.8) is 0 Å². The van der Waals surface area contributed by atoms with Crippen LogP contribution in [-0.4, -0.2) is 50.8 Å². The second-order valence-corrected chi connectivity index (χ2v) is 3.52. The Labute approximate surface area is 84.6 Å². The van der Waals surface area contributed by atoms with E-state index in [0.29, 0.717) is 6.61 Å². The molecule has 3 nitrogen and oxygen atoms in total. The van der Waals surface area contributed by atoms with Crippen LogP contribution in [0.3, 0.4) is 0 Å². The molecule has 0 saturated heterocycles. The van der Waals surface area contributed by atoms with Gasteiger partial charge >= 0.3 is 29.6 Å². The van der Waals surface area contributed by atoms with Gasteiger partial charge < -0.3 is 0 Å². The van der Waals surface area contributed by atoms with Crippen molar-refractivity contribution in [3.8, 4) is 0 Å². The fourth-order valence-electron chi connectivity index (χ4n) is 0.355. The van der Waals surface area contributed by atoms with Crippen LogP contribution in [0.1, 0.15) is 19.8 Å². The Morgan fingerprint density at radius 3 is 2.20 bits per heavy atom. The van der Waals surface area contributed by atoms with E-state index in [1.54, 1.807) is 0 Å². The molecule has 5 heteroatoms. The fourth-order valence-corrected chi connectivity index (χ4v) is 0.775. The third-order valence-electron chi connectivity index (χ3n) is 0.795. The molecule has 0 amide bonds. The minimum atomic E-state index is -3.20. The molecule has 0 radical (unpaired) electrons. The molecule has 0 aromatic heterocycles. The van der Waals surface area contributed by atoms with Crippen LogP contribution in [0.15, 0.2) is 0 Å². The third kappa shape index (κ3) is 11.7. The Morgan fingerprint density at radius 1 is 1.40 bits per heavy atom. The van der Waals surface area contributed by atoms with Crippen LogP contribution >= 0.6 is 0 Å². The number of unbranched alkanes of at least 4 members (excludes halogenated alkanes) is 1. The number of hydrogen-bond donors (Lipinski definition) is 0. The SMILES string of the molecule is CCCCOS(C)(=O)=O.[NaH]. The zero-order valence-electron chi connectivity index (χ0n) is 5.75. The van der Waals surface area contributed by atoms with Crippen LogP contribution < -0.4 is 0 Å². The molecule has 0 atom stereocenters. The van der Waals surface area contributed by atoms with Gasteiger partial charge in [0.15, 0.2) is 0 Å². The summed E-state index contributed by atoms with van der Waals surface area (Å²) in [6, 6.07) is 0. The van der Waals surface area contributed by atoms with Gasteiger partial charge in [-0.1, -0.05) is 13.3 Å². The van der Waals surface area contributed by atoms with Crippen molar-refractivity contribution >= 4 is 39.7 Å². The van der Waals surface area contributed by atoms with Crippen molar-refractivity contribution in [1.29, 1.82) is 0 Å². The molecule has 0 spiro atoms. The summed E-state index contributed by atoms with van der Waals surface area (Å²) in [5, 5.41) is 0. The van der Waals surface area contributed by atoms with E-state index in [9.17, 15) is 8.42 Å². The molecule has 58 valence electrons. The fraction of sp³-hybridized carbons (Fsp3) is 1.00. The molecule has 0 N–H and O–H groups in total. The average molecular weight is 176 g/mol. The number of hydrogen-bond acceptors (Lipinski definition) is 3. The summed E-state index contributed by atoms with van der Waals surface area (Å²) in [5.41, 5.74) is 0. The Balaban J connectivity index is 0. The van der Waals surface area contributed by atoms with Crippen molar-refractivity contribution in [1.82, 2.24) is 0 Å². The summed E-state index contributed by atoms with van der Waals surface area (Å²) >= 11 is 0. The Morgan fingerprint density at radius 2 is 1.90 bits per heavy atom. The number of rotatable bonds is 4. The van der Waals surface area contributed by atoms with Crippen molar-refractivity contribution in [2.24, 2.45) is 0 Å². The predicted octanol–water partition coefficient (Wildman–Crippen LogP) is 0.114. The summed E-state index contributed by atoms with van der Waals surface area (Å²) in [7, 11) is -3.20. The van der Waals surface area contributed by atoms with Crippen LogP contribution in [0, 0.1) is 0 Å². The molecule has 0 aliphatic carbocycles. The van der Waals surface area contributed by atoms with Crippen LogP contribution in [0.5, 0.6) is 0 Å². The quantitative estimate of drug-likeness (QED) is 0.347. The van der Waals surface area contributed by atoms with Gasteiger partial charge in [0.1, 0.15) is 0 Å². The van der Waals surface area contributed by atoms with E-state index in [4.69, 9.17) is 0 Å². The van der Waals surface area contributed by atoms with Crippen molar-refractivity contribution in [2.45, 2.75) is 19.8 Å². The standard InChI is InChI=1S/C5H12O3S.Na.H/c1-3-4-5-8-9(2,6)7;;/h3-5H2,1-2H3;;. The summed E-state index contributed by atoms with van der Waals surface area (Å²) in [4.78, 5) is 0. The van der Waals surface area contributed by atoms with Crippen molar-refractivity contribution in [3.05, 3.63) is 0 Å². The monoisotopic (exact) mass is 176 g/mol. The van der Waals surface area contributed by atoms with E-state index < -0.39 is 10.1 Å². The van der Waals surface area contributed by atoms with Gasteiger partial charge in [0.05, 0.1) is 12.9 Å². The van der Waals surface area contributed by atoms with E-state index in [1.165, 1.54) is 0 Å². The first-order valence-corrected chi connectivity index (χ1v) is 4.72. The molecule has 0 aliphatic rings. The molecule has 0 rings (SSSR count). The second kappa shape index (κ2) is 6.61. The third-order valence-corrected chi connectivity index (χ3v) is 1.39. The van der Waals surface area contributed by atoms with Crippen LogP contribution in [-0.2, 0) is 14.3 Å². The maximum absolute atomic E-state index is 10.3. The van der Waals surface area contributed by atoms with Crippen LogP contribution in [0.2, 0.25) is 0 Å². The van der Waals surface area contributed by atoms with E-state index >= 15 is 0 Å². The molecule has 0 heterocycles. The Bertz CT molecular complexity index is 152. The first kappa shape index (κ1) is 13.5. The van der Waals surface area contributed by atoms with Gasteiger partial charge in [-0.2, -0.15) is 8.42 Å². The molecule has 0 aromatic carbocycles. The minimum absolute atomic E-state index is 0. The van der Waals surface area contributed by atoms with Crippen molar-refractivity contribution < 1.29 is 12.6 Å². The van der Waals surface area contributed by atoms with E-state index in [-0.39, 0.29) is 29.6 Å². The molecule has 0 aromatic rings. The van der Waals surface area contributed by atoms with E-state index in [1.807, 2.05) is 6.92 Å². The second-order valence-electron chi connectivity index (χ2n) is 1.88. The van der Waals surface area contributed by atoms with Gasteiger partial charge in [0.25, 0.3) is 10.1 Å². The Kier molecular flexibility index (Phi) is 8.92. The van der Waals surface area contributed by atoms with Gasteiger partial charge in [-0.3, -0.25) is 4.18 Å². The zero-order valence-corrected chi connectivity index (χ0v) is 6.57. The maximum atomic E-state index is 10.3. The van der Waals surface area contributed by atoms with E-state index in [2.05, 4.69) is 4.18 Å². The summed E-state index contributed by atoms with van der Waals surface area (Å²) in [5.74, 6) is 0. The molecule has 0 unspecified atom stereocenters. The van der Waals surface area contributed by atoms with Crippen molar-refractivity contribution in [2.75, 3.05) is 12.9 Å². The molecule has 0 saturated carbocycles. The van der Waals surface area contributed by atoms with Gasteiger partial charge in [0.2, 0.25) is 0 Å². The first-order valence-electron chi connectivity index (χ1n) is 2.90. The molecular weight excluding hydrogens is 163 g/mol. The average Bonchev–Trinajstić information content (AvgIpc) is 1.63. The van der Waals surface area contributed by atoms with Crippen LogP contribution in [0.25, 0.3) is 0 Å². The molecule has 10 heavy (non-hydrogen) atoms. The Hall–Kier alpha value is 0.910. The first-order chi connectivity index (χ1) is 4.06. The van der Waals surface area contributed by atoms with Crippen LogP contribution in [0.4, 0.5) is 0 Å². The molecule has 0 aliphatic heterocycles. The predicted molar refractivity (Wildman–Crippen MR) is 42.9 cm³/mol. The summed E-state index contributed by atoms with van der Waals surface area (Å²) < 4.78 is 25.0. The molecule has 0 fully saturated rings.